The summed E-state index contributed by atoms with van der Waals surface area (Å²) in [7, 11) is 3.36. The van der Waals surface area contributed by atoms with Gasteiger partial charge in [0.2, 0.25) is 5.88 Å². The van der Waals surface area contributed by atoms with E-state index in [4.69, 9.17) is 20.2 Å². The zero-order valence-corrected chi connectivity index (χ0v) is 26.5. The van der Waals surface area contributed by atoms with E-state index < -0.39 is 17.0 Å². The standard InChI is InChI=1S/C32H33F3N8O2S/c1-32(14-42(2)9-8-16(32)10-33)15-45-31-40-27-24(29(41-31)43-12-17-4-5-18(13-43)38-17)30(44-3)39-26(25(27)35)23-20(34)6-7-21-22(23)19(11-36)28(37)46-21/h6-7,10,17-18,38H,4-5,8-9,12-15,37H2,1-3H3/b16-10+/t17-,18+,32-/m0/s1. The molecule has 0 spiro atoms. The van der Waals surface area contributed by atoms with Gasteiger partial charge in [0.1, 0.15) is 45.9 Å². The Kier molecular flexibility index (Phi) is 7.65. The Morgan fingerprint density at radius 3 is 2.65 bits per heavy atom. The highest BCUT2D eigenvalue weighted by Gasteiger charge is 2.38. The van der Waals surface area contributed by atoms with E-state index in [2.05, 4.69) is 25.1 Å². The van der Waals surface area contributed by atoms with Crippen LogP contribution >= 0.6 is 11.3 Å². The highest BCUT2D eigenvalue weighted by molar-refractivity contribution is 7.23. The number of halogens is 3. The van der Waals surface area contributed by atoms with E-state index in [1.54, 1.807) is 0 Å². The molecule has 1 aromatic carbocycles. The number of aromatic nitrogens is 3. The molecule has 4 aromatic rings. The van der Waals surface area contributed by atoms with E-state index >= 15 is 8.78 Å². The summed E-state index contributed by atoms with van der Waals surface area (Å²) in [6.45, 7) is 4.46. The van der Waals surface area contributed by atoms with Gasteiger partial charge in [-0.25, -0.2) is 18.2 Å². The number of likely N-dealkylation sites (tertiary alicyclic amines) is 1. The monoisotopic (exact) mass is 650 g/mol. The number of piperazine rings is 1. The Hall–Kier alpha value is -4.19. The molecule has 0 amide bonds. The molecule has 0 radical (unpaired) electrons. The number of benzene rings is 1. The molecule has 3 aliphatic rings. The smallest absolute Gasteiger partial charge is 0.319 e. The lowest BCUT2D eigenvalue weighted by Gasteiger charge is -2.40. The minimum atomic E-state index is -0.921. The summed E-state index contributed by atoms with van der Waals surface area (Å²) in [5.74, 6) is -1.31. The number of anilines is 2. The molecular weight excluding hydrogens is 617 g/mol. The van der Waals surface area contributed by atoms with Crippen molar-refractivity contribution in [3.63, 3.8) is 0 Å². The fraction of sp³-hybridized carbons (Fsp3) is 0.438. The number of hydrogen-bond acceptors (Lipinski definition) is 11. The lowest BCUT2D eigenvalue weighted by molar-refractivity contribution is 0.109. The van der Waals surface area contributed by atoms with Gasteiger partial charge in [0.05, 0.1) is 19.0 Å². The Balaban J connectivity index is 1.43. The number of hydrogen-bond donors (Lipinski definition) is 2. The molecule has 6 heterocycles. The fourth-order valence-electron chi connectivity index (χ4n) is 7.14. The molecule has 7 rings (SSSR count). The number of methoxy groups -OCH3 is 1. The van der Waals surface area contributed by atoms with Crippen molar-refractivity contribution < 1.29 is 22.6 Å². The number of pyridine rings is 1. The van der Waals surface area contributed by atoms with Gasteiger partial charge in [0.25, 0.3) is 0 Å². The van der Waals surface area contributed by atoms with Gasteiger partial charge in [-0.3, -0.25) is 0 Å². The van der Waals surface area contributed by atoms with Crippen LogP contribution in [0.4, 0.5) is 24.0 Å². The lowest BCUT2D eigenvalue weighted by Crippen LogP contribution is -2.51. The first kappa shape index (κ1) is 30.5. The average molecular weight is 651 g/mol. The first-order chi connectivity index (χ1) is 22.1. The summed E-state index contributed by atoms with van der Waals surface area (Å²) in [6.07, 6.45) is 3.19. The van der Waals surface area contributed by atoms with Crippen molar-refractivity contribution in [1.82, 2.24) is 25.2 Å². The molecular formula is C32H33F3N8O2S. The van der Waals surface area contributed by atoms with Crippen molar-refractivity contribution in [2.75, 3.05) is 57.6 Å². The molecule has 3 fully saturated rings. The van der Waals surface area contributed by atoms with Crippen LogP contribution in [0.5, 0.6) is 11.9 Å². The van der Waals surface area contributed by atoms with Crippen LogP contribution in [0.3, 0.4) is 0 Å². The molecule has 3 aromatic heterocycles. The van der Waals surface area contributed by atoms with Crippen LogP contribution in [0.1, 0.15) is 31.7 Å². The van der Waals surface area contributed by atoms with Gasteiger partial charge in [-0.1, -0.05) is 6.92 Å². The van der Waals surface area contributed by atoms with Crippen molar-refractivity contribution in [1.29, 1.82) is 5.26 Å². The van der Waals surface area contributed by atoms with Gasteiger partial charge in [-0.05, 0) is 44.0 Å². The molecule has 14 heteroatoms. The van der Waals surface area contributed by atoms with Crippen LogP contribution in [0.15, 0.2) is 24.0 Å². The van der Waals surface area contributed by atoms with Gasteiger partial charge < -0.3 is 30.3 Å². The van der Waals surface area contributed by atoms with Gasteiger partial charge in [0, 0.05) is 59.3 Å². The Labute approximate surface area is 267 Å². The maximum absolute atomic E-state index is 16.9. The van der Waals surface area contributed by atoms with E-state index in [1.165, 1.54) is 19.2 Å². The maximum Gasteiger partial charge on any atom is 0.319 e. The molecule has 240 valence electrons. The van der Waals surface area contributed by atoms with Crippen LogP contribution in [0, 0.1) is 28.4 Å². The minimum absolute atomic E-state index is 0.000424. The zero-order valence-electron chi connectivity index (χ0n) is 25.7. The molecule has 0 unspecified atom stereocenters. The van der Waals surface area contributed by atoms with Crippen molar-refractivity contribution in [2.45, 2.75) is 38.3 Å². The number of nitriles is 1. The second-order valence-electron chi connectivity index (χ2n) is 12.6. The molecule has 10 nitrogen and oxygen atoms in total. The highest BCUT2D eigenvalue weighted by Crippen LogP contribution is 2.45. The maximum atomic E-state index is 16.9. The van der Waals surface area contributed by atoms with Crippen LogP contribution < -0.4 is 25.4 Å². The van der Waals surface area contributed by atoms with Gasteiger partial charge in [0.15, 0.2) is 5.82 Å². The minimum Gasteiger partial charge on any atom is -0.480 e. The molecule has 0 saturated carbocycles. The van der Waals surface area contributed by atoms with E-state index in [0.717, 1.165) is 30.7 Å². The quantitative estimate of drug-likeness (QED) is 0.289. The number of ether oxygens (including phenoxy) is 2. The van der Waals surface area contributed by atoms with Gasteiger partial charge in [-0.15, -0.1) is 11.3 Å². The van der Waals surface area contributed by atoms with Crippen LogP contribution in [0.25, 0.3) is 32.2 Å². The number of nitrogens with zero attached hydrogens (tertiary/aromatic N) is 6. The summed E-state index contributed by atoms with van der Waals surface area (Å²) in [4.78, 5) is 17.9. The SMILES string of the molecule is COc1nc(-c2c(F)ccc3sc(N)c(C#N)c23)c(F)c2nc(OC[C@]3(C)CN(C)CC/C3=C\F)nc(N3C[C@H]4CC[C@@H](C3)N4)c12. The molecule has 46 heavy (non-hydrogen) atoms. The van der Waals surface area contributed by atoms with Gasteiger partial charge >= 0.3 is 6.01 Å². The second-order valence-corrected chi connectivity index (χ2v) is 13.7. The number of fused-ring (bicyclic) bond motifs is 4. The van der Waals surface area contributed by atoms with Crippen LogP contribution in [-0.2, 0) is 0 Å². The molecule has 3 saturated heterocycles. The summed E-state index contributed by atoms with van der Waals surface area (Å²) in [5.41, 5.74) is 5.33. The Morgan fingerprint density at radius 1 is 1.20 bits per heavy atom. The van der Waals surface area contributed by atoms with Gasteiger partial charge in [-0.2, -0.15) is 15.2 Å². The number of piperidine rings is 1. The van der Waals surface area contributed by atoms with E-state index in [1.807, 2.05) is 20.0 Å². The van der Waals surface area contributed by atoms with Crippen LogP contribution in [0.2, 0.25) is 0 Å². The number of nitrogens with two attached hydrogens (primary N) is 1. The fourth-order valence-corrected chi connectivity index (χ4v) is 8.07. The molecule has 3 atom stereocenters. The van der Waals surface area contributed by atoms with Crippen molar-refractivity contribution in [3.8, 4) is 29.2 Å². The van der Waals surface area contributed by atoms with Crippen LogP contribution in [-0.4, -0.2) is 78.9 Å². The average Bonchev–Trinajstić information content (AvgIpc) is 3.56. The number of nitrogens with one attached hydrogen (secondary N) is 1. The number of nitrogen functional groups attached to an aromatic ring is 1. The Morgan fingerprint density at radius 2 is 1.96 bits per heavy atom. The van der Waals surface area contributed by atoms with Crippen molar-refractivity contribution in [3.05, 3.63) is 41.2 Å². The van der Waals surface area contributed by atoms with E-state index in [-0.39, 0.29) is 68.7 Å². The third kappa shape index (κ3) is 4.97. The van der Waals surface area contributed by atoms with Crippen molar-refractivity contribution in [2.24, 2.45) is 5.41 Å². The molecule has 3 N–H and O–H groups in total. The highest BCUT2D eigenvalue weighted by atomic mass is 32.1. The normalized spacial score (nSPS) is 24.2. The molecule has 3 aliphatic heterocycles. The third-order valence-corrected chi connectivity index (χ3v) is 10.4. The number of thiophene rings is 1. The largest absolute Gasteiger partial charge is 0.480 e. The third-order valence-electron chi connectivity index (χ3n) is 9.41. The first-order valence-corrected chi connectivity index (χ1v) is 15.9. The lowest BCUT2D eigenvalue weighted by atomic mass is 9.78. The Bertz CT molecular complexity index is 1930. The number of rotatable bonds is 6. The summed E-state index contributed by atoms with van der Waals surface area (Å²) < 4.78 is 58.9. The topological polar surface area (TPSA) is 125 Å². The second kappa shape index (κ2) is 11.6. The molecule has 0 aliphatic carbocycles. The predicted molar refractivity (Wildman–Crippen MR) is 171 cm³/mol. The van der Waals surface area contributed by atoms with E-state index in [0.29, 0.717) is 48.5 Å². The van der Waals surface area contributed by atoms with Crippen molar-refractivity contribution >= 4 is 43.1 Å². The molecule has 2 bridgehead atoms. The zero-order chi connectivity index (χ0) is 32.3. The summed E-state index contributed by atoms with van der Waals surface area (Å²) in [5, 5.41) is 14.0. The van der Waals surface area contributed by atoms with E-state index in [9.17, 15) is 9.65 Å². The predicted octanol–water partition coefficient (Wildman–Crippen LogP) is 5.16. The summed E-state index contributed by atoms with van der Waals surface area (Å²) >= 11 is 1.11. The summed E-state index contributed by atoms with van der Waals surface area (Å²) in [6, 6.07) is 5.07. The first-order valence-electron chi connectivity index (χ1n) is 15.1.